The molecule has 6 heteroatoms. The fourth-order valence-electron chi connectivity index (χ4n) is 4.91. The van der Waals surface area contributed by atoms with Crippen molar-refractivity contribution in [3.63, 3.8) is 0 Å². The quantitative estimate of drug-likeness (QED) is 0.726. The maximum Gasteiger partial charge on any atom is 0.245 e. The lowest BCUT2D eigenvalue weighted by Crippen LogP contribution is -2.46. The van der Waals surface area contributed by atoms with Crippen LogP contribution in [-0.4, -0.2) is 53.5 Å². The first-order valence-corrected chi connectivity index (χ1v) is 10.5. The summed E-state index contributed by atoms with van der Waals surface area (Å²) >= 11 is 6.02. The molecule has 150 valence electrons. The molecular formula is C22H27ClN2O3. The second-order valence-corrected chi connectivity index (χ2v) is 8.60. The Bertz CT molecular complexity index is 756. The summed E-state index contributed by atoms with van der Waals surface area (Å²) in [7, 11) is 0. The molecule has 0 bridgehead atoms. The molecule has 5 nitrogen and oxygen atoms in total. The van der Waals surface area contributed by atoms with Crippen LogP contribution in [0.4, 0.5) is 0 Å². The first-order valence-electron chi connectivity index (χ1n) is 10.1. The number of piperidine rings is 1. The van der Waals surface area contributed by atoms with Crippen molar-refractivity contribution in [2.24, 2.45) is 5.92 Å². The largest absolute Gasteiger partial charge is 0.374 e. The standard InChI is InChI=1S/C22H27ClN2O3/c1-2-20(26)24-12-9-22(10-13-24)14-17(15-28-22)21(27)25-11-3-4-19(25)16-5-7-18(23)8-6-16/h2,5-8,17,19H,1,3-4,9-15H2/t17?,19-/m1/s1. The van der Waals surface area contributed by atoms with E-state index >= 15 is 0 Å². The second kappa shape index (κ2) is 7.88. The van der Waals surface area contributed by atoms with Gasteiger partial charge in [-0.1, -0.05) is 30.3 Å². The van der Waals surface area contributed by atoms with Gasteiger partial charge in [0.15, 0.2) is 0 Å². The van der Waals surface area contributed by atoms with E-state index in [0.717, 1.165) is 44.2 Å². The molecule has 1 unspecified atom stereocenters. The lowest BCUT2D eigenvalue weighted by molar-refractivity contribution is -0.136. The van der Waals surface area contributed by atoms with Gasteiger partial charge in [-0.3, -0.25) is 9.59 Å². The average molecular weight is 403 g/mol. The Hall–Kier alpha value is -1.85. The van der Waals surface area contributed by atoms with E-state index in [9.17, 15) is 9.59 Å². The summed E-state index contributed by atoms with van der Waals surface area (Å²) in [5.74, 6) is 0.0943. The number of carbonyl (C=O) groups excluding carboxylic acids is 2. The highest BCUT2D eigenvalue weighted by Crippen LogP contribution is 2.41. The van der Waals surface area contributed by atoms with Crippen LogP contribution in [0, 0.1) is 5.92 Å². The molecule has 0 aliphatic carbocycles. The van der Waals surface area contributed by atoms with E-state index in [1.165, 1.54) is 6.08 Å². The van der Waals surface area contributed by atoms with Gasteiger partial charge in [-0.15, -0.1) is 0 Å². The minimum absolute atomic E-state index is 0.0247. The van der Waals surface area contributed by atoms with E-state index in [1.54, 1.807) is 0 Å². The molecule has 3 aliphatic rings. The molecule has 0 N–H and O–H groups in total. The lowest BCUT2D eigenvalue weighted by atomic mass is 9.85. The molecule has 1 spiro atoms. The molecule has 2 atom stereocenters. The highest BCUT2D eigenvalue weighted by molar-refractivity contribution is 6.30. The average Bonchev–Trinajstić information content (AvgIpc) is 3.36. The Morgan fingerprint density at radius 1 is 1.18 bits per heavy atom. The molecule has 3 aliphatic heterocycles. The van der Waals surface area contributed by atoms with Crippen molar-refractivity contribution < 1.29 is 14.3 Å². The number of hydrogen-bond donors (Lipinski definition) is 0. The maximum absolute atomic E-state index is 13.3. The van der Waals surface area contributed by atoms with E-state index in [2.05, 4.69) is 6.58 Å². The third-order valence-electron chi connectivity index (χ3n) is 6.51. The highest BCUT2D eigenvalue weighted by Gasteiger charge is 2.47. The van der Waals surface area contributed by atoms with Gasteiger partial charge in [0, 0.05) is 24.7 Å². The SMILES string of the molecule is C=CC(=O)N1CCC2(CC1)CC(C(=O)N1CCC[C@@H]1c1ccc(Cl)cc1)CO2. The van der Waals surface area contributed by atoms with Crippen LogP contribution >= 0.6 is 11.6 Å². The molecule has 0 aromatic heterocycles. The van der Waals surface area contributed by atoms with Crippen LogP contribution < -0.4 is 0 Å². The van der Waals surface area contributed by atoms with Crippen LogP contribution in [0.5, 0.6) is 0 Å². The fraction of sp³-hybridized carbons (Fsp3) is 0.545. The summed E-state index contributed by atoms with van der Waals surface area (Å²) in [4.78, 5) is 28.9. The van der Waals surface area contributed by atoms with Gasteiger partial charge in [-0.25, -0.2) is 0 Å². The molecule has 3 fully saturated rings. The number of benzene rings is 1. The molecule has 4 rings (SSSR count). The zero-order chi connectivity index (χ0) is 19.7. The van der Waals surface area contributed by atoms with Gasteiger partial charge in [0.25, 0.3) is 0 Å². The predicted octanol–water partition coefficient (Wildman–Crippen LogP) is 3.59. The Balaban J connectivity index is 1.40. The van der Waals surface area contributed by atoms with Crippen LogP contribution in [0.1, 0.15) is 43.7 Å². The first kappa shape index (κ1) is 19.5. The van der Waals surface area contributed by atoms with Crippen LogP contribution in [0.25, 0.3) is 0 Å². The highest BCUT2D eigenvalue weighted by atomic mass is 35.5. The van der Waals surface area contributed by atoms with E-state index in [0.29, 0.717) is 24.7 Å². The minimum atomic E-state index is -0.256. The Morgan fingerprint density at radius 2 is 1.89 bits per heavy atom. The van der Waals surface area contributed by atoms with Crippen LogP contribution in [0.15, 0.2) is 36.9 Å². The number of nitrogens with zero attached hydrogens (tertiary/aromatic N) is 2. The first-order chi connectivity index (χ1) is 13.5. The van der Waals surface area contributed by atoms with Crippen LogP contribution in [0.3, 0.4) is 0 Å². The van der Waals surface area contributed by atoms with Gasteiger partial charge in [-0.2, -0.15) is 0 Å². The Kier molecular flexibility index (Phi) is 5.48. The van der Waals surface area contributed by atoms with E-state index in [-0.39, 0.29) is 29.4 Å². The van der Waals surface area contributed by atoms with Crippen molar-refractivity contribution in [3.8, 4) is 0 Å². The molecule has 1 aromatic rings. The molecule has 0 saturated carbocycles. The second-order valence-electron chi connectivity index (χ2n) is 8.17. The molecule has 1 aromatic carbocycles. The van der Waals surface area contributed by atoms with Crippen LogP contribution in [-0.2, 0) is 14.3 Å². The molecule has 2 amide bonds. The van der Waals surface area contributed by atoms with Crippen molar-refractivity contribution in [1.82, 2.24) is 9.80 Å². The zero-order valence-corrected chi connectivity index (χ0v) is 16.9. The normalized spacial score (nSPS) is 26.6. The van der Waals surface area contributed by atoms with E-state index in [4.69, 9.17) is 16.3 Å². The number of ether oxygens (including phenoxy) is 1. The molecule has 3 heterocycles. The Labute approximate surface area is 171 Å². The number of likely N-dealkylation sites (tertiary alicyclic amines) is 2. The fourth-order valence-corrected chi connectivity index (χ4v) is 5.04. The predicted molar refractivity (Wildman–Crippen MR) is 108 cm³/mol. The number of carbonyl (C=O) groups is 2. The monoisotopic (exact) mass is 402 g/mol. The van der Waals surface area contributed by atoms with Crippen molar-refractivity contribution in [1.29, 1.82) is 0 Å². The van der Waals surface area contributed by atoms with E-state index in [1.807, 2.05) is 34.1 Å². The summed E-state index contributed by atoms with van der Waals surface area (Å²) < 4.78 is 6.16. The van der Waals surface area contributed by atoms with Gasteiger partial charge in [0.1, 0.15) is 0 Å². The van der Waals surface area contributed by atoms with Crippen LogP contribution in [0.2, 0.25) is 5.02 Å². The summed E-state index contributed by atoms with van der Waals surface area (Å²) in [6, 6.07) is 7.97. The van der Waals surface area contributed by atoms with Gasteiger partial charge in [0.05, 0.1) is 24.2 Å². The molecular weight excluding hydrogens is 376 g/mol. The van der Waals surface area contributed by atoms with Crippen molar-refractivity contribution in [3.05, 3.63) is 47.5 Å². The minimum Gasteiger partial charge on any atom is -0.374 e. The van der Waals surface area contributed by atoms with Crippen molar-refractivity contribution in [2.45, 2.75) is 43.7 Å². The van der Waals surface area contributed by atoms with Gasteiger partial charge in [-0.05, 0) is 55.9 Å². The topological polar surface area (TPSA) is 49.9 Å². The number of halogens is 1. The van der Waals surface area contributed by atoms with E-state index < -0.39 is 0 Å². The number of amides is 2. The summed E-state index contributed by atoms with van der Waals surface area (Å²) in [5, 5.41) is 0.715. The third-order valence-corrected chi connectivity index (χ3v) is 6.76. The third kappa shape index (κ3) is 3.70. The zero-order valence-electron chi connectivity index (χ0n) is 16.1. The molecule has 28 heavy (non-hydrogen) atoms. The summed E-state index contributed by atoms with van der Waals surface area (Å²) in [6.45, 7) is 6.19. The number of hydrogen-bond acceptors (Lipinski definition) is 3. The van der Waals surface area contributed by atoms with Gasteiger partial charge >= 0.3 is 0 Å². The molecule has 3 saturated heterocycles. The summed E-state index contributed by atoms with van der Waals surface area (Å²) in [6.07, 6.45) is 5.71. The van der Waals surface area contributed by atoms with Gasteiger partial charge < -0.3 is 14.5 Å². The lowest BCUT2D eigenvalue weighted by Gasteiger charge is -2.38. The maximum atomic E-state index is 13.3. The van der Waals surface area contributed by atoms with Crippen molar-refractivity contribution in [2.75, 3.05) is 26.2 Å². The van der Waals surface area contributed by atoms with Gasteiger partial charge in [0.2, 0.25) is 11.8 Å². The molecule has 0 radical (unpaired) electrons. The smallest absolute Gasteiger partial charge is 0.245 e. The number of rotatable bonds is 3. The summed E-state index contributed by atoms with van der Waals surface area (Å²) in [5.41, 5.74) is 0.897. The Morgan fingerprint density at radius 3 is 2.57 bits per heavy atom. The van der Waals surface area contributed by atoms with Crippen molar-refractivity contribution >= 4 is 23.4 Å².